The zero-order valence-corrected chi connectivity index (χ0v) is 21.4. The summed E-state index contributed by atoms with van der Waals surface area (Å²) in [5, 5.41) is 0.710. The van der Waals surface area contributed by atoms with Crippen LogP contribution in [0.25, 0.3) is 11.3 Å². The molecule has 7 nitrogen and oxygen atoms in total. The first kappa shape index (κ1) is 24.7. The lowest BCUT2D eigenvalue weighted by molar-refractivity contribution is 0.0400. The summed E-state index contributed by atoms with van der Waals surface area (Å²) in [5.74, 6) is -0.353. The van der Waals surface area contributed by atoms with E-state index in [1.807, 2.05) is 4.90 Å². The SMILES string of the molecule is CCOC(=O)c1nc(-c2cccc(Cl)c2Cl)c(C)nc1N1CCC2(CC1)Oc1c(F)cccc1[C@H]2N. The predicted molar refractivity (Wildman–Crippen MR) is 136 cm³/mol. The Morgan fingerprint density at radius 2 is 1.94 bits per heavy atom. The van der Waals surface area contributed by atoms with Crippen molar-refractivity contribution in [3.63, 3.8) is 0 Å². The van der Waals surface area contributed by atoms with Gasteiger partial charge in [0.1, 0.15) is 5.60 Å². The second-order valence-electron chi connectivity index (χ2n) is 8.94. The summed E-state index contributed by atoms with van der Waals surface area (Å²) in [7, 11) is 0. The zero-order chi connectivity index (χ0) is 25.6. The number of hydrogen-bond donors (Lipinski definition) is 1. The molecule has 0 saturated carbocycles. The maximum absolute atomic E-state index is 14.4. The van der Waals surface area contributed by atoms with Crippen molar-refractivity contribution < 1.29 is 18.7 Å². The highest BCUT2D eigenvalue weighted by Gasteiger charge is 2.49. The first-order chi connectivity index (χ1) is 17.3. The largest absolute Gasteiger partial charge is 0.482 e. The molecule has 0 unspecified atom stereocenters. The van der Waals surface area contributed by atoms with E-state index in [-0.39, 0.29) is 18.1 Å². The number of halogens is 3. The second-order valence-corrected chi connectivity index (χ2v) is 9.73. The second kappa shape index (κ2) is 9.50. The molecule has 1 atom stereocenters. The fourth-order valence-electron chi connectivity index (χ4n) is 4.94. The molecule has 2 N–H and O–H groups in total. The van der Waals surface area contributed by atoms with E-state index in [1.54, 1.807) is 44.2 Å². The lowest BCUT2D eigenvalue weighted by atomic mass is 9.83. The fourth-order valence-corrected chi connectivity index (χ4v) is 5.33. The number of para-hydroxylation sites is 1. The summed E-state index contributed by atoms with van der Waals surface area (Å²) in [6, 6.07) is 9.59. The van der Waals surface area contributed by atoms with Gasteiger partial charge in [0.15, 0.2) is 23.1 Å². The van der Waals surface area contributed by atoms with Crippen LogP contribution in [0.2, 0.25) is 10.0 Å². The Labute approximate surface area is 218 Å². The van der Waals surface area contributed by atoms with E-state index >= 15 is 0 Å². The van der Waals surface area contributed by atoms with Crippen LogP contribution in [0.15, 0.2) is 36.4 Å². The smallest absolute Gasteiger partial charge is 0.360 e. The number of benzene rings is 2. The normalized spacial score (nSPS) is 18.2. The Hall–Kier alpha value is -2.94. The van der Waals surface area contributed by atoms with Crippen molar-refractivity contribution in [2.45, 2.75) is 38.3 Å². The molecule has 10 heteroatoms. The van der Waals surface area contributed by atoms with E-state index in [9.17, 15) is 9.18 Å². The van der Waals surface area contributed by atoms with Crippen molar-refractivity contribution in [1.82, 2.24) is 9.97 Å². The summed E-state index contributed by atoms with van der Waals surface area (Å²) in [6.07, 6.45) is 1.04. The minimum Gasteiger partial charge on any atom is -0.482 e. The zero-order valence-electron chi connectivity index (χ0n) is 19.9. The number of fused-ring (bicyclic) bond motifs is 1. The van der Waals surface area contributed by atoms with Gasteiger partial charge in [0.25, 0.3) is 0 Å². The Balaban J connectivity index is 1.48. The van der Waals surface area contributed by atoms with Crippen LogP contribution in [0.5, 0.6) is 5.75 Å². The molecule has 3 aromatic rings. The molecule has 0 radical (unpaired) electrons. The van der Waals surface area contributed by atoms with Gasteiger partial charge in [-0.15, -0.1) is 0 Å². The first-order valence-electron chi connectivity index (χ1n) is 11.7. The number of rotatable bonds is 4. The van der Waals surface area contributed by atoms with Crippen LogP contribution in [0.3, 0.4) is 0 Å². The van der Waals surface area contributed by atoms with E-state index in [1.165, 1.54) is 6.07 Å². The van der Waals surface area contributed by atoms with Gasteiger partial charge in [-0.1, -0.05) is 47.5 Å². The van der Waals surface area contributed by atoms with Gasteiger partial charge in [-0.25, -0.2) is 19.2 Å². The molecule has 2 aromatic carbocycles. The predicted octanol–water partition coefficient (Wildman–Crippen LogP) is 5.51. The van der Waals surface area contributed by atoms with Crippen LogP contribution in [0.1, 0.15) is 47.6 Å². The van der Waals surface area contributed by atoms with Gasteiger partial charge < -0.3 is 20.1 Å². The van der Waals surface area contributed by atoms with Crippen LogP contribution in [-0.2, 0) is 4.74 Å². The Morgan fingerprint density at radius 3 is 2.64 bits per heavy atom. The van der Waals surface area contributed by atoms with E-state index in [0.717, 1.165) is 0 Å². The Kier molecular flexibility index (Phi) is 6.53. The number of aromatic nitrogens is 2. The lowest BCUT2D eigenvalue weighted by Gasteiger charge is -2.41. The minimum absolute atomic E-state index is 0.0930. The molecule has 36 heavy (non-hydrogen) atoms. The van der Waals surface area contributed by atoms with E-state index in [0.29, 0.717) is 64.3 Å². The number of piperidine rings is 1. The van der Waals surface area contributed by atoms with Crippen molar-refractivity contribution in [3.8, 4) is 17.0 Å². The van der Waals surface area contributed by atoms with Crippen LogP contribution in [-0.4, -0.2) is 41.2 Å². The average molecular weight is 531 g/mol. The highest BCUT2D eigenvalue weighted by atomic mass is 35.5. The standard InChI is InChI=1S/C26H25Cl2FN4O3/c1-3-35-25(34)21-24(31-14(2)20(32-21)15-6-4-8-17(27)19(15)28)33-12-10-26(11-13-33)23(30)16-7-5-9-18(29)22(16)36-26/h4-9,23H,3,10-13,30H2,1-2H3/t23-/m1/s1. The fraction of sp³-hybridized carbons (Fsp3) is 0.346. The van der Waals surface area contributed by atoms with Crippen molar-refractivity contribution in [2.75, 3.05) is 24.6 Å². The molecule has 1 saturated heterocycles. The highest BCUT2D eigenvalue weighted by molar-refractivity contribution is 6.43. The summed E-state index contributed by atoms with van der Waals surface area (Å²) >= 11 is 12.6. The van der Waals surface area contributed by atoms with Gasteiger partial charge in [0.2, 0.25) is 0 Å². The van der Waals surface area contributed by atoms with Gasteiger partial charge in [-0.05, 0) is 26.0 Å². The quantitative estimate of drug-likeness (QED) is 0.445. The van der Waals surface area contributed by atoms with Crippen LogP contribution in [0, 0.1) is 12.7 Å². The number of aryl methyl sites for hydroxylation is 1. The van der Waals surface area contributed by atoms with Crippen LogP contribution in [0.4, 0.5) is 10.2 Å². The summed E-state index contributed by atoms with van der Waals surface area (Å²) < 4.78 is 25.8. The van der Waals surface area contributed by atoms with Crippen molar-refractivity contribution in [2.24, 2.45) is 5.73 Å². The number of carbonyl (C=O) groups is 1. The van der Waals surface area contributed by atoms with E-state index in [2.05, 4.69) is 4.98 Å². The number of nitrogens with zero attached hydrogens (tertiary/aromatic N) is 3. The molecule has 0 aliphatic carbocycles. The monoisotopic (exact) mass is 530 g/mol. The molecule has 5 rings (SSSR count). The number of nitrogens with two attached hydrogens (primary N) is 1. The molecule has 3 heterocycles. The Morgan fingerprint density at radius 1 is 1.22 bits per heavy atom. The molecule has 0 bridgehead atoms. The van der Waals surface area contributed by atoms with Crippen molar-refractivity contribution >= 4 is 35.0 Å². The Bertz CT molecular complexity index is 1350. The van der Waals surface area contributed by atoms with Crippen LogP contribution >= 0.6 is 23.2 Å². The number of esters is 1. The molecule has 2 aliphatic rings. The number of hydrogen-bond acceptors (Lipinski definition) is 7. The third kappa shape index (κ3) is 4.07. The van der Waals surface area contributed by atoms with Gasteiger partial charge >= 0.3 is 5.97 Å². The molecule has 1 aromatic heterocycles. The van der Waals surface area contributed by atoms with Crippen molar-refractivity contribution in [3.05, 3.63) is 69.2 Å². The van der Waals surface area contributed by atoms with Gasteiger partial charge in [-0.2, -0.15) is 0 Å². The first-order valence-corrected chi connectivity index (χ1v) is 12.5. The lowest BCUT2D eigenvalue weighted by Crippen LogP contribution is -2.52. The minimum atomic E-state index is -0.720. The highest BCUT2D eigenvalue weighted by Crippen LogP contribution is 2.48. The van der Waals surface area contributed by atoms with Crippen molar-refractivity contribution in [1.29, 1.82) is 0 Å². The molecular weight excluding hydrogens is 506 g/mol. The maximum atomic E-state index is 14.4. The molecule has 1 fully saturated rings. The summed E-state index contributed by atoms with van der Waals surface area (Å²) in [5.41, 5.74) is 8.19. The molecular formula is C26H25Cl2FN4O3. The maximum Gasteiger partial charge on any atom is 0.360 e. The van der Waals surface area contributed by atoms with Gasteiger partial charge in [0, 0.05) is 37.1 Å². The molecule has 188 valence electrons. The molecule has 2 aliphatic heterocycles. The number of anilines is 1. The number of carbonyl (C=O) groups excluding carboxylic acids is 1. The average Bonchev–Trinajstić information content (AvgIpc) is 3.14. The van der Waals surface area contributed by atoms with Gasteiger partial charge in [0.05, 0.1) is 34.1 Å². The number of ether oxygens (including phenoxy) is 2. The summed E-state index contributed by atoms with van der Waals surface area (Å²) in [4.78, 5) is 24.3. The van der Waals surface area contributed by atoms with Gasteiger partial charge in [-0.3, -0.25) is 0 Å². The molecule has 0 amide bonds. The molecule has 1 spiro atoms. The third-order valence-electron chi connectivity index (χ3n) is 6.84. The third-order valence-corrected chi connectivity index (χ3v) is 7.66. The van der Waals surface area contributed by atoms with Crippen LogP contribution < -0.4 is 15.4 Å². The topological polar surface area (TPSA) is 90.6 Å². The van der Waals surface area contributed by atoms with E-state index < -0.39 is 23.4 Å². The summed E-state index contributed by atoms with van der Waals surface area (Å²) in [6.45, 7) is 4.70. The van der Waals surface area contributed by atoms with E-state index in [4.69, 9.17) is 43.4 Å².